The van der Waals surface area contributed by atoms with Gasteiger partial charge in [-0.1, -0.05) is 0 Å². The molecule has 1 rings (SSSR count). The predicted octanol–water partition coefficient (Wildman–Crippen LogP) is 2.20. The number of halogens is 2. The van der Waals surface area contributed by atoms with Gasteiger partial charge in [0.15, 0.2) is 17.3 Å². The molecule has 1 aromatic rings. The number of hydrogen-bond acceptors (Lipinski definition) is 3. The molecule has 1 aromatic carbocycles. The van der Waals surface area contributed by atoms with Gasteiger partial charge in [-0.2, -0.15) is 8.78 Å². The number of ether oxygens (including phenoxy) is 1. The van der Waals surface area contributed by atoms with E-state index in [2.05, 4.69) is 4.74 Å². The minimum absolute atomic E-state index is 0.240. The van der Waals surface area contributed by atoms with E-state index in [1.807, 2.05) is 0 Å². The van der Waals surface area contributed by atoms with Crippen LogP contribution in [-0.4, -0.2) is 17.5 Å². The van der Waals surface area contributed by atoms with E-state index in [4.69, 9.17) is 0 Å². The van der Waals surface area contributed by atoms with Crippen LogP contribution in [0.25, 0.3) is 0 Å². The fraction of sp³-hybridized carbons (Fsp3) is 0.222. The molecule has 0 radical (unpaired) electrons. The Morgan fingerprint density at radius 3 is 2.57 bits per heavy atom. The number of Topliss-reactive ketones (excluding diaryl/α,β-unsaturated/α-hetero) is 1. The van der Waals surface area contributed by atoms with E-state index in [9.17, 15) is 18.7 Å². The van der Waals surface area contributed by atoms with Gasteiger partial charge in [-0.15, -0.1) is 0 Å². The first kappa shape index (κ1) is 10.4. The van der Waals surface area contributed by atoms with Crippen LogP contribution in [0.4, 0.5) is 8.78 Å². The third kappa shape index (κ3) is 2.42. The van der Waals surface area contributed by atoms with Crippen molar-refractivity contribution in [3.05, 3.63) is 23.8 Å². The molecule has 0 saturated carbocycles. The van der Waals surface area contributed by atoms with Gasteiger partial charge in [-0.05, 0) is 25.1 Å². The van der Waals surface area contributed by atoms with Gasteiger partial charge in [-0.3, -0.25) is 4.79 Å². The average Bonchev–Trinajstić information content (AvgIpc) is 2.07. The topological polar surface area (TPSA) is 46.5 Å². The van der Waals surface area contributed by atoms with E-state index in [-0.39, 0.29) is 17.1 Å². The molecule has 0 amide bonds. The molecule has 14 heavy (non-hydrogen) atoms. The van der Waals surface area contributed by atoms with Crippen molar-refractivity contribution in [1.82, 2.24) is 0 Å². The lowest BCUT2D eigenvalue weighted by Gasteiger charge is -2.06. The van der Waals surface area contributed by atoms with Crippen LogP contribution in [0, 0.1) is 0 Å². The fourth-order valence-corrected chi connectivity index (χ4v) is 0.932. The van der Waals surface area contributed by atoms with Crippen molar-refractivity contribution in [2.45, 2.75) is 13.5 Å². The van der Waals surface area contributed by atoms with Gasteiger partial charge in [0, 0.05) is 5.56 Å². The highest BCUT2D eigenvalue weighted by Crippen LogP contribution is 2.28. The van der Waals surface area contributed by atoms with Gasteiger partial charge in [0.1, 0.15) is 0 Å². The smallest absolute Gasteiger partial charge is 0.387 e. The van der Waals surface area contributed by atoms with E-state index in [0.29, 0.717) is 0 Å². The van der Waals surface area contributed by atoms with E-state index in [1.54, 1.807) is 0 Å². The molecule has 1 N–H and O–H groups in total. The van der Waals surface area contributed by atoms with E-state index >= 15 is 0 Å². The Morgan fingerprint density at radius 2 is 2.14 bits per heavy atom. The summed E-state index contributed by atoms with van der Waals surface area (Å²) in [5, 5.41) is 9.18. The Labute approximate surface area is 78.9 Å². The molecule has 0 saturated heterocycles. The monoisotopic (exact) mass is 202 g/mol. The molecule has 0 aliphatic carbocycles. The molecule has 0 aromatic heterocycles. The summed E-state index contributed by atoms with van der Waals surface area (Å²) in [6.07, 6.45) is 0. The van der Waals surface area contributed by atoms with E-state index < -0.39 is 12.4 Å². The Bertz CT molecular complexity index is 350. The molecule has 0 atom stereocenters. The molecular formula is C9H8F2O3. The Kier molecular flexibility index (Phi) is 3.01. The highest BCUT2D eigenvalue weighted by atomic mass is 19.3. The molecule has 0 spiro atoms. The summed E-state index contributed by atoms with van der Waals surface area (Å²) in [6.45, 7) is -1.69. The second-order valence-electron chi connectivity index (χ2n) is 2.62. The van der Waals surface area contributed by atoms with Crippen molar-refractivity contribution in [2.75, 3.05) is 0 Å². The summed E-state index contributed by atoms with van der Waals surface area (Å²) < 4.78 is 27.5. The van der Waals surface area contributed by atoms with Crippen LogP contribution in [0.2, 0.25) is 0 Å². The van der Waals surface area contributed by atoms with Crippen molar-refractivity contribution >= 4 is 5.78 Å². The Morgan fingerprint density at radius 1 is 1.50 bits per heavy atom. The van der Waals surface area contributed by atoms with Crippen molar-refractivity contribution in [3.8, 4) is 11.5 Å². The first-order valence-electron chi connectivity index (χ1n) is 3.79. The van der Waals surface area contributed by atoms with Crippen molar-refractivity contribution in [2.24, 2.45) is 0 Å². The fourth-order valence-electron chi connectivity index (χ4n) is 0.932. The number of ketones is 1. The summed E-state index contributed by atoms with van der Waals surface area (Å²) >= 11 is 0. The Hall–Kier alpha value is -1.65. The highest BCUT2D eigenvalue weighted by Gasteiger charge is 2.10. The summed E-state index contributed by atoms with van der Waals surface area (Å²) in [5.41, 5.74) is 0.240. The van der Waals surface area contributed by atoms with Crippen molar-refractivity contribution < 1.29 is 23.4 Å². The minimum Gasteiger partial charge on any atom is -0.504 e. The summed E-state index contributed by atoms with van der Waals surface area (Å²) in [4.78, 5) is 10.8. The zero-order valence-electron chi connectivity index (χ0n) is 7.33. The largest absolute Gasteiger partial charge is 0.504 e. The predicted molar refractivity (Wildman–Crippen MR) is 44.7 cm³/mol. The third-order valence-electron chi connectivity index (χ3n) is 1.58. The second-order valence-corrected chi connectivity index (χ2v) is 2.62. The maximum atomic E-state index is 11.8. The average molecular weight is 202 g/mol. The van der Waals surface area contributed by atoms with Crippen LogP contribution in [-0.2, 0) is 0 Å². The maximum absolute atomic E-state index is 11.8. The Balaban J connectivity index is 2.95. The lowest BCUT2D eigenvalue weighted by molar-refractivity contribution is -0.0512. The number of hydrogen-bond donors (Lipinski definition) is 1. The van der Waals surface area contributed by atoms with Crippen LogP contribution in [0.1, 0.15) is 17.3 Å². The zero-order valence-corrected chi connectivity index (χ0v) is 7.33. The van der Waals surface area contributed by atoms with Crippen LogP contribution in [0.15, 0.2) is 18.2 Å². The quantitative estimate of drug-likeness (QED) is 0.764. The zero-order chi connectivity index (χ0) is 10.7. The number of phenolic OH excluding ortho intramolecular Hbond substituents is 1. The molecule has 0 heterocycles. The molecule has 0 unspecified atom stereocenters. The number of phenols is 1. The van der Waals surface area contributed by atoms with Crippen molar-refractivity contribution in [1.29, 1.82) is 0 Å². The first-order chi connectivity index (χ1) is 6.50. The first-order valence-corrected chi connectivity index (χ1v) is 3.79. The number of carbonyl (C=O) groups excluding carboxylic acids is 1. The number of rotatable bonds is 3. The SMILES string of the molecule is CC(=O)c1ccc(OC(F)F)c(O)c1. The number of aromatic hydroxyl groups is 1. The van der Waals surface area contributed by atoms with Gasteiger partial charge < -0.3 is 9.84 Å². The number of benzene rings is 1. The molecular weight excluding hydrogens is 194 g/mol. The second kappa shape index (κ2) is 4.04. The lowest BCUT2D eigenvalue weighted by Crippen LogP contribution is -2.02. The van der Waals surface area contributed by atoms with E-state index in [0.717, 1.165) is 12.1 Å². The van der Waals surface area contributed by atoms with E-state index in [1.165, 1.54) is 13.0 Å². The summed E-state index contributed by atoms with van der Waals surface area (Å²) in [6, 6.07) is 3.51. The number of carbonyl (C=O) groups is 1. The van der Waals surface area contributed by atoms with Crippen LogP contribution in [0.3, 0.4) is 0 Å². The molecule has 5 heteroatoms. The highest BCUT2D eigenvalue weighted by molar-refractivity contribution is 5.94. The molecule has 0 fully saturated rings. The molecule has 76 valence electrons. The summed E-state index contributed by atoms with van der Waals surface area (Å²) in [5.74, 6) is -1.08. The van der Waals surface area contributed by atoms with Crippen molar-refractivity contribution in [3.63, 3.8) is 0 Å². The lowest BCUT2D eigenvalue weighted by atomic mass is 10.1. The molecule has 0 bridgehead atoms. The van der Waals surface area contributed by atoms with Gasteiger partial charge in [0.2, 0.25) is 0 Å². The van der Waals surface area contributed by atoms with Crippen LogP contribution < -0.4 is 4.74 Å². The third-order valence-corrected chi connectivity index (χ3v) is 1.58. The van der Waals surface area contributed by atoms with Gasteiger partial charge in [0.25, 0.3) is 0 Å². The van der Waals surface area contributed by atoms with Crippen LogP contribution in [0.5, 0.6) is 11.5 Å². The van der Waals surface area contributed by atoms with Crippen LogP contribution >= 0.6 is 0 Å². The number of alkyl halides is 2. The maximum Gasteiger partial charge on any atom is 0.387 e. The molecule has 0 aliphatic heterocycles. The molecule has 3 nitrogen and oxygen atoms in total. The van der Waals surface area contributed by atoms with Gasteiger partial charge in [-0.25, -0.2) is 0 Å². The van der Waals surface area contributed by atoms with Gasteiger partial charge >= 0.3 is 6.61 Å². The standard InChI is InChI=1S/C9H8F2O3/c1-5(12)6-2-3-8(7(13)4-6)14-9(10)11/h2-4,9,13H,1H3. The minimum atomic E-state index is -3.00. The molecule has 0 aliphatic rings. The summed E-state index contributed by atoms with van der Waals surface area (Å²) in [7, 11) is 0. The van der Waals surface area contributed by atoms with Gasteiger partial charge in [0.05, 0.1) is 0 Å². The normalized spacial score (nSPS) is 10.3.